The Labute approximate surface area is 169 Å². The Morgan fingerprint density at radius 1 is 1.14 bits per heavy atom. The van der Waals surface area contributed by atoms with E-state index in [2.05, 4.69) is 16.3 Å². The molecule has 0 aromatic heterocycles. The van der Waals surface area contributed by atoms with Gasteiger partial charge >= 0.3 is 5.97 Å². The summed E-state index contributed by atoms with van der Waals surface area (Å²) >= 11 is 0. The molecule has 0 unspecified atom stereocenters. The molecule has 29 heavy (non-hydrogen) atoms. The molecule has 0 atom stereocenters. The van der Waals surface area contributed by atoms with Crippen LogP contribution in [0.25, 0.3) is 0 Å². The lowest BCUT2D eigenvalue weighted by atomic mass is 10.2. The molecule has 1 N–H and O–H groups in total. The van der Waals surface area contributed by atoms with Gasteiger partial charge in [0.15, 0.2) is 11.5 Å². The Bertz CT molecular complexity index is 942. The van der Waals surface area contributed by atoms with Crippen LogP contribution in [0.15, 0.2) is 64.3 Å². The van der Waals surface area contributed by atoms with Gasteiger partial charge in [0.2, 0.25) is 0 Å². The first-order valence-corrected chi connectivity index (χ1v) is 9.14. The number of nitriles is 1. The molecule has 0 aliphatic carbocycles. The summed E-state index contributed by atoms with van der Waals surface area (Å²) in [5.41, 5.74) is 2.08. The van der Waals surface area contributed by atoms with Crippen molar-refractivity contribution in [3.05, 3.63) is 59.7 Å². The zero-order chi connectivity index (χ0) is 21.2. The van der Waals surface area contributed by atoms with Crippen molar-refractivity contribution in [2.24, 2.45) is 10.2 Å². The van der Waals surface area contributed by atoms with Crippen LogP contribution in [-0.2, 0) is 4.79 Å². The van der Waals surface area contributed by atoms with Gasteiger partial charge in [0.05, 0.1) is 35.7 Å². The Morgan fingerprint density at radius 3 is 2.41 bits per heavy atom. The fraction of sp³-hybridized carbons (Fsp3) is 0.273. The number of hydrogen-bond donors (Lipinski definition) is 1. The second-order valence-corrected chi connectivity index (χ2v) is 6.49. The smallest absolute Gasteiger partial charge is 0.330 e. The van der Waals surface area contributed by atoms with Crippen molar-refractivity contribution in [1.29, 1.82) is 5.26 Å². The number of nitrogens with zero attached hydrogens (tertiary/aromatic N) is 3. The monoisotopic (exact) mass is 393 g/mol. The Hall–Kier alpha value is -3.66. The summed E-state index contributed by atoms with van der Waals surface area (Å²) in [5, 5.41) is 26.1. The maximum atomic E-state index is 10.8. The number of benzene rings is 2. The van der Waals surface area contributed by atoms with E-state index in [4.69, 9.17) is 19.8 Å². The number of azo groups is 1. The van der Waals surface area contributed by atoms with Crippen LogP contribution in [0.1, 0.15) is 32.8 Å². The number of hydrogen-bond acceptors (Lipinski definition) is 6. The Morgan fingerprint density at radius 2 is 1.79 bits per heavy atom. The van der Waals surface area contributed by atoms with Crippen LogP contribution < -0.4 is 9.47 Å². The van der Waals surface area contributed by atoms with E-state index in [0.29, 0.717) is 41.5 Å². The fourth-order valence-electron chi connectivity index (χ4n) is 2.27. The molecule has 0 bridgehead atoms. The normalized spacial score (nSPS) is 11.5. The van der Waals surface area contributed by atoms with Crippen molar-refractivity contribution in [1.82, 2.24) is 0 Å². The largest absolute Gasteiger partial charge is 0.489 e. The van der Waals surface area contributed by atoms with Crippen LogP contribution in [0.3, 0.4) is 0 Å². The van der Waals surface area contributed by atoms with Crippen molar-refractivity contribution in [2.45, 2.75) is 33.3 Å². The molecular weight excluding hydrogens is 370 g/mol. The van der Waals surface area contributed by atoms with Gasteiger partial charge in [0.1, 0.15) is 0 Å². The van der Waals surface area contributed by atoms with Crippen LogP contribution in [-0.4, -0.2) is 23.8 Å². The van der Waals surface area contributed by atoms with Gasteiger partial charge in [0, 0.05) is 18.1 Å². The fourth-order valence-corrected chi connectivity index (χ4v) is 2.27. The summed E-state index contributed by atoms with van der Waals surface area (Å²) in [6.45, 7) is 5.69. The summed E-state index contributed by atoms with van der Waals surface area (Å²) in [5.74, 6) is 0.151. The van der Waals surface area contributed by atoms with Crippen molar-refractivity contribution in [3.8, 4) is 17.6 Å². The Balaban J connectivity index is 2.11. The molecule has 0 fully saturated rings. The molecule has 7 nitrogen and oxygen atoms in total. The van der Waals surface area contributed by atoms with Gasteiger partial charge in [-0.15, -0.1) is 0 Å². The van der Waals surface area contributed by atoms with Gasteiger partial charge in [-0.1, -0.05) is 6.08 Å². The molecule has 0 heterocycles. The van der Waals surface area contributed by atoms with E-state index in [1.807, 2.05) is 13.8 Å². The lowest BCUT2D eigenvalue weighted by molar-refractivity contribution is -0.132. The third kappa shape index (κ3) is 7.11. The molecule has 0 saturated heterocycles. The van der Waals surface area contributed by atoms with Crippen LogP contribution in [0.4, 0.5) is 11.4 Å². The maximum absolute atomic E-state index is 10.8. The summed E-state index contributed by atoms with van der Waals surface area (Å²) < 4.78 is 11.6. The van der Waals surface area contributed by atoms with Gasteiger partial charge < -0.3 is 14.6 Å². The first-order chi connectivity index (χ1) is 13.9. The highest BCUT2D eigenvalue weighted by Crippen LogP contribution is 2.33. The van der Waals surface area contributed by atoms with E-state index >= 15 is 0 Å². The van der Waals surface area contributed by atoms with E-state index in [0.717, 1.165) is 0 Å². The van der Waals surface area contributed by atoms with Gasteiger partial charge in [-0.2, -0.15) is 15.5 Å². The summed E-state index contributed by atoms with van der Waals surface area (Å²) in [6, 6.07) is 14.1. The molecule has 7 heteroatoms. The molecule has 2 rings (SSSR count). The predicted molar refractivity (Wildman–Crippen MR) is 109 cm³/mol. The van der Waals surface area contributed by atoms with E-state index < -0.39 is 5.97 Å². The van der Waals surface area contributed by atoms with Gasteiger partial charge in [0.25, 0.3) is 0 Å². The Kier molecular flexibility index (Phi) is 7.92. The number of carbonyl (C=O) groups is 1. The van der Waals surface area contributed by atoms with Gasteiger partial charge in [-0.25, -0.2) is 4.79 Å². The zero-order valence-corrected chi connectivity index (χ0v) is 16.6. The van der Waals surface area contributed by atoms with Crippen molar-refractivity contribution in [3.63, 3.8) is 0 Å². The predicted octanol–water partition coefficient (Wildman–Crippen LogP) is 5.56. The van der Waals surface area contributed by atoms with Crippen LogP contribution in [0, 0.1) is 11.3 Å². The van der Waals surface area contributed by atoms with E-state index in [-0.39, 0.29) is 11.7 Å². The number of rotatable bonds is 9. The second kappa shape index (κ2) is 10.6. The SMILES string of the molecule is CC(=CCCOc1ccc(N=Nc2ccc(C#N)cc2)cc1OC(C)C)C(=O)O. The molecule has 0 aliphatic heterocycles. The molecule has 2 aromatic rings. The molecule has 0 amide bonds. The number of carboxylic acid groups (broad SMARTS) is 1. The number of aliphatic carboxylic acids is 1. The second-order valence-electron chi connectivity index (χ2n) is 6.49. The highest BCUT2D eigenvalue weighted by molar-refractivity contribution is 5.85. The molecule has 0 aliphatic rings. The first-order valence-electron chi connectivity index (χ1n) is 9.14. The summed E-state index contributed by atoms with van der Waals surface area (Å²) in [6.07, 6.45) is 2.03. The van der Waals surface area contributed by atoms with Crippen LogP contribution in [0.2, 0.25) is 0 Å². The molecule has 150 valence electrons. The van der Waals surface area contributed by atoms with Crippen molar-refractivity contribution in [2.75, 3.05) is 6.61 Å². The topological polar surface area (TPSA) is 104 Å². The van der Waals surface area contributed by atoms with Crippen LogP contribution in [0.5, 0.6) is 11.5 Å². The quantitative estimate of drug-likeness (QED) is 0.341. The summed E-state index contributed by atoms with van der Waals surface area (Å²) in [7, 11) is 0. The lowest BCUT2D eigenvalue weighted by Gasteiger charge is -2.15. The zero-order valence-electron chi connectivity index (χ0n) is 16.6. The summed E-state index contributed by atoms with van der Waals surface area (Å²) in [4.78, 5) is 10.8. The maximum Gasteiger partial charge on any atom is 0.330 e. The molecule has 2 aromatic carbocycles. The van der Waals surface area contributed by atoms with Crippen LogP contribution >= 0.6 is 0 Å². The highest BCUT2D eigenvalue weighted by Gasteiger charge is 2.09. The van der Waals surface area contributed by atoms with E-state index in [9.17, 15) is 4.79 Å². The average Bonchev–Trinajstić information content (AvgIpc) is 2.70. The number of ether oxygens (including phenoxy) is 2. The first kappa shape index (κ1) is 21.6. The highest BCUT2D eigenvalue weighted by atomic mass is 16.5. The molecule has 0 saturated carbocycles. The molecule has 0 spiro atoms. The minimum Gasteiger partial charge on any atom is -0.489 e. The van der Waals surface area contributed by atoms with Gasteiger partial charge in [-0.05, 0) is 57.2 Å². The van der Waals surface area contributed by atoms with E-state index in [1.165, 1.54) is 0 Å². The molecule has 0 radical (unpaired) electrons. The molecular formula is C22H23N3O4. The minimum atomic E-state index is -0.939. The van der Waals surface area contributed by atoms with E-state index in [1.54, 1.807) is 55.5 Å². The third-order valence-electron chi connectivity index (χ3n) is 3.73. The third-order valence-corrected chi connectivity index (χ3v) is 3.73. The van der Waals surface area contributed by atoms with Gasteiger partial charge in [-0.3, -0.25) is 0 Å². The van der Waals surface area contributed by atoms with Crippen molar-refractivity contribution < 1.29 is 19.4 Å². The lowest BCUT2D eigenvalue weighted by Crippen LogP contribution is -2.07. The standard InChI is InChI=1S/C22H23N3O4/c1-15(2)29-21-13-19(25-24-18-8-6-17(14-23)7-9-18)10-11-20(21)28-12-4-5-16(3)22(26)27/h5-11,13,15H,4,12H2,1-3H3,(H,26,27). The van der Waals surface area contributed by atoms with Crippen molar-refractivity contribution >= 4 is 17.3 Å². The average molecular weight is 393 g/mol. The number of carboxylic acids is 1. The minimum absolute atomic E-state index is 0.0581.